The minimum Gasteiger partial charge on any atom is -0.474 e. The Kier molecular flexibility index (Phi) is 3.05. The molecule has 0 saturated heterocycles. The molecule has 2 aromatic heterocycles. The Labute approximate surface area is 97.4 Å². The predicted octanol–water partition coefficient (Wildman–Crippen LogP) is 2.57. The maximum Gasteiger partial charge on any atom is 0.259 e. The topological polar surface area (TPSA) is 61.0 Å². The molecule has 0 atom stereocenters. The Morgan fingerprint density at radius 3 is 2.75 bits per heavy atom. The molecule has 0 N–H and O–H groups in total. The van der Waals surface area contributed by atoms with E-state index in [9.17, 15) is 0 Å². The van der Waals surface area contributed by atoms with E-state index in [1.165, 1.54) is 6.33 Å². The van der Waals surface area contributed by atoms with Gasteiger partial charge in [-0.1, -0.05) is 16.8 Å². The first-order chi connectivity index (χ1) is 7.66. The summed E-state index contributed by atoms with van der Waals surface area (Å²) in [6.45, 7) is 3.81. The summed E-state index contributed by atoms with van der Waals surface area (Å²) in [5.41, 5.74) is 0.665. The van der Waals surface area contributed by atoms with Crippen LogP contribution >= 0.6 is 11.6 Å². The van der Waals surface area contributed by atoms with Crippen LogP contribution in [0, 0.1) is 0 Å². The summed E-state index contributed by atoms with van der Waals surface area (Å²) in [5, 5.41) is 3.93. The molecule has 0 aliphatic rings. The van der Waals surface area contributed by atoms with Gasteiger partial charge in [0.15, 0.2) is 6.33 Å². The van der Waals surface area contributed by atoms with E-state index < -0.39 is 0 Å². The van der Waals surface area contributed by atoms with E-state index in [1.807, 2.05) is 13.8 Å². The molecule has 84 valence electrons. The molecule has 0 aromatic carbocycles. The molecule has 0 spiro atoms. The van der Waals surface area contributed by atoms with E-state index in [-0.39, 0.29) is 6.10 Å². The zero-order valence-corrected chi connectivity index (χ0v) is 9.60. The van der Waals surface area contributed by atoms with Crippen LogP contribution in [0.25, 0.3) is 11.5 Å². The highest BCUT2D eigenvalue weighted by Gasteiger charge is 2.10. The second-order valence-corrected chi connectivity index (χ2v) is 3.83. The summed E-state index contributed by atoms with van der Waals surface area (Å²) >= 11 is 6.01. The molecule has 2 heterocycles. The van der Waals surface area contributed by atoms with E-state index in [2.05, 4.69) is 15.1 Å². The molecular weight excluding hydrogens is 230 g/mol. The number of hydrogen-bond donors (Lipinski definition) is 0. The molecule has 5 nitrogen and oxygen atoms in total. The maximum atomic E-state index is 6.01. The van der Waals surface area contributed by atoms with Crippen molar-refractivity contribution >= 4 is 11.6 Å². The first-order valence-corrected chi connectivity index (χ1v) is 5.14. The van der Waals surface area contributed by atoms with Crippen molar-refractivity contribution in [3.05, 3.63) is 23.6 Å². The van der Waals surface area contributed by atoms with Crippen molar-refractivity contribution in [1.29, 1.82) is 0 Å². The van der Waals surface area contributed by atoms with Crippen molar-refractivity contribution in [2.24, 2.45) is 0 Å². The van der Waals surface area contributed by atoms with Crippen LogP contribution in [0.2, 0.25) is 5.02 Å². The lowest BCUT2D eigenvalue weighted by atomic mass is 10.3. The smallest absolute Gasteiger partial charge is 0.259 e. The third-order valence-electron chi connectivity index (χ3n) is 1.76. The van der Waals surface area contributed by atoms with Gasteiger partial charge in [-0.25, -0.2) is 4.98 Å². The van der Waals surface area contributed by atoms with Gasteiger partial charge in [-0.15, -0.1) is 0 Å². The van der Waals surface area contributed by atoms with Gasteiger partial charge in [0.05, 0.1) is 11.7 Å². The Balaban J connectivity index is 2.29. The highest BCUT2D eigenvalue weighted by molar-refractivity contribution is 6.32. The standard InChI is InChI=1S/C10H10ClN3O2/c1-6(2)15-10-8(11)3-7(4-12-10)9-13-5-14-16-9/h3-6H,1-2H3. The largest absolute Gasteiger partial charge is 0.474 e. The molecule has 0 fully saturated rings. The minimum absolute atomic E-state index is 0.0271. The van der Waals surface area contributed by atoms with Crippen LogP contribution in [0.3, 0.4) is 0 Å². The van der Waals surface area contributed by atoms with E-state index in [4.69, 9.17) is 20.9 Å². The van der Waals surface area contributed by atoms with Gasteiger partial charge in [0.2, 0.25) is 5.88 Å². The van der Waals surface area contributed by atoms with Crippen molar-refractivity contribution in [2.45, 2.75) is 20.0 Å². The number of aromatic nitrogens is 3. The van der Waals surface area contributed by atoms with Crippen LogP contribution in [0.5, 0.6) is 5.88 Å². The summed E-state index contributed by atoms with van der Waals surface area (Å²) in [6.07, 6.45) is 2.93. The number of rotatable bonds is 3. The molecular formula is C10H10ClN3O2. The van der Waals surface area contributed by atoms with Crippen molar-refractivity contribution in [1.82, 2.24) is 15.1 Å². The van der Waals surface area contributed by atoms with Crippen LogP contribution in [-0.2, 0) is 0 Å². The monoisotopic (exact) mass is 239 g/mol. The molecule has 0 bridgehead atoms. The van der Waals surface area contributed by atoms with E-state index in [0.29, 0.717) is 22.4 Å². The van der Waals surface area contributed by atoms with Crippen LogP contribution < -0.4 is 4.74 Å². The lowest BCUT2D eigenvalue weighted by Crippen LogP contribution is -2.07. The van der Waals surface area contributed by atoms with Crippen molar-refractivity contribution in [2.75, 3.05) is 0 Å². The molecule has 0 amide bonds. The normalized spacial score (nSPS) is 10.8. The third kappa shape index (κ3) is 2.30. The Morgan fingerprint density at radius 2 is 2.19 bits per heavy atom. The number of hydrogen-bond acceptors (Lipinski definition) is 5. The van der Waals surface area contributed by atoms with E-state index in [0.717, 1.165) is 0 Å². The van der Waals surface area contributed by atoms with Crippen LogP contribution in [0.1, 0.15) is 13.8 Å². The first-order valence-electron chi connectivity index (χ1n) is 4.76. The summed E-state index contributed by atoms with van der Waals surface area (Å²) in [4.78, 5) is 7.99. The first kappa shape index (κ1) is 10.9. The third-order valence-corrected chi connectivity index (χ3v) is 2.03. The molecule has 0 unspecified atom stereocenters. The summed E-state index contributed by atoms with van der Waals surface area (Å²) in [7, 11) is 0. The second-order valence-electron chi connectivity index (χ2n) is 3.42. The highest BCUT2D eigenvalue weighted by Crippen LogP contribution is 2.27. The van der Waals surface area contributed by atoms with Gasteiger partial charge < -0.3 is 9.26 Å². The van der Waals surface area contributed by atoms with Crippen molar-refractivity contribution in [3.8, 4) is 17.3 Å². The highest BCUT2D eigenvalue weighted by atomic mass is 35.5. The van der Waals surface area contributed by atoms with Crippen LogP contribution in [-0.4, -0.2) is 21.2 Å². The number of halogens is 1. The number of ether oxygens (including phenoxy) is 1. The van der Waals surface area contributed by atoms with Gasteiger partial charge in [0.1, 0.15) is 5.02 Å². The Morgan fingerprint density at radius 1 is 1.38 bits per heavy atom. The lowest BCUT2D eigenvalue weighted by Gasteiger charge is -2.09. The van der Waals surface area contributed by atoms with Gasteiger partial charge in [-0.05, 0) is 19.9 Å². The Hall–Kier alpha value is -1.62. The zero-order chi connectivity index (χ0) is 11.5. The molecule has 0 saturated carbocycles. The second kappa shape index (κ2) is 4.49. The van der Waals surface area contributed by atoms with Gasteiger partial charge in [0.25, 0.3) is 5.89 Å². The summed E-state index contributed by atoms with van der Waals surface area (Å²) in [6, 6.07) is 1.68. The van der Waals surface area contributed by atoms with Crippen molar-refractivity contribution in [3.63, 3.8) is 0 Å². The molecule has 0 aliphatic heterocycles. The van der Waals surface area contributed by atoms with Crippen LogP contribution in [0.4, 0.5) is 0 Å². The average molecular weight is 240 g/mol. The summed E-state index contributed by atoms with van der Waals surface area (Å²) in [5.74, 6) is 0.783. The average Bonchev–Trinajstić information content (AvgIpc) is 2.73. The molecule has 6 heteroatoms. The fraction of sp³-hybridized carbons (Fsp3) is 0.300. The number of pyridine rings is 1. The molecule has 2 rings (SSSR count). The fourth-order valence-corrected chi connectivity index (χ4v) is 1.36. The Bertz CT molecular complexity index is 471. The van der Waals surface area contributed by atoms with E-state index >= 15 is 0 Å². The lowest BCUT2D eigenvalue weighted by molar-refractivity contribution is 0.233. The maximum absolute atomic E-state index is 6.01. The molecule has 0 radical (unpaired) electrons. The predicted molar refractivity (Wildman–Crippen MR) is 58.3 cm³/mol. The van der Waals surface area contributed by atoms with Crippen molar-refractivity contribution < 1.29 is 9.26 Å². The number of nitrogens with zero attached hydrogens (tertiary/aromatic N) is 3. The van der Waals surface area contributed by atoms with Gasteiger partial charge in [-0.3, -0.25) is 0 Å². The molecule has 2 aromatic rings. The molecule has 0 aliphatic carbocycles. The fourth-order valence-electron chi connectivity index (χ4n) is 1.15. The van der Waals surface area contributed by atoms with Crippen LogP contribution in [0.15, 0.2) is 23.1 Å². The molecule has 16 heavy (non-hydrogen) atoms. The summed E-state index contributed by atoms with van der Waals surface area (Å²) < 4.78 is 10.3. The SMILES string of the molecule is CC(C)Oc1ncc(-c2ncno2)cc1Cl. The van der Waals surface area contributed by atoms with Gasteiger partial charge in [0, 0.05) is 6.20 Å². The quantitative estimate of drug-likeness (QED) is 0.824. The van der Waals surface area contributed by atoms with Gasteiger partial charge in [-0.2, -0.15) is 4.98 Å². The zero-order valence-electron chi connectivity index (χ0n) is 8.85. The van der Waals surface area contributed by atoms with Gasteiger partial charge >= 0.3 is 0 Å². The minimum atomic E-state index is 0.0271. The van der Waals surface area contributed by atoms with E-state index in [1.54, 1.807) is 12.3 Å².